The van der Waals surface area contributed by atoms with Crippen molar-refractivity contribution in [2.45, 2.75) is 131 Å². The molecule has 286 valence electrons. The highest BCUT2D eigenvalue weighted by atomic mass is 16.6. The molecule has 0 bridgehead atoms. The largest absolute Gasteiger partial charge is 0.466 e. The molecule has 0 aliphatic carbocycles. The van der Waals surface area contributed by atoms with E-state index in [1.54, 1.807) is 41.5 Å². The van der Waals surface area contributed by atoms with Crippen LogP contribution in [0.25, 0.3) is 0 Å². The summed E-state index contributed by atoms with van der Waals surface area (Å²) >= 11 is 0. The maximum Gasteiger partial charge on any atom is 0.306 e. The second-order valence-corrected chi connectivity index (χ2v) is 13.8. The lowest BCUT2D eigenvalue weighted by atomic mass is 9.88. The minimum Gasteiger partial charge on any atom is -0.466 e. The van der Waals surface area contributed by atoms with E-state index in [2.05, 4.69) is 0 Å². The van der Waals surface area contributed by atoms with Crippen LogP contribution < -0.4 is 0 Å². The molecule has 14 nitrogen and oxygen atoms in total. The van der Waals surface area contributed by atoms with E-state index in [4.69, 9.17) is 28.4 Å². The number of ether oxygens (including phenoxy) is 6. The maximum absolute atomic E-state index is 11.8. The topological polar surface area (TPSA) is 192 Å². The highest BCUT2D eigenvalue weighted by Gasteiger charge is 2.23. The van der Waals surface area contributed by atoms with Gasteiger partial charge < -0.3 is 28.4 Å². The van der Waals surface area contributed by atoms with Crippen LogP contribution in [0, 0.1) is 10.8 Å². The van der Waals surface area contributed by atoms with Crippen molar-refractivity contribution in [1.82, 2.24) is 0 Å². The van der Waals surface area contributed by atoms with Crippen LogP contribution in [-0.2, 0) is 66.8 Å². The Morgan fingerprint density at radius 2 is 0.520 bits per heavy atom. The molecule has 0 aliphatic heterocycles. The highest BCUT2D eigenvalue weighted by Crippen LogP contribution is 2.18. The molecule has 0 amide bonds. The standard InChI is InChI=1S/C36H58O14/c1-35(2,3)27(37)17-19-33(43)47-23-9-7-21-45-29(39)13-11-15-31(41)49-25-26-50-32(42)16-12-14-30(40)46-22-8-10-24-48-34(44)20-18-28(38)36(4,5)6/h7-26H2,1-6H3. The number of rotatable bonds is 27. The third kappa shape index (κ3) is 27.0. The predicted molar refractivity (Wildman–Crippen MR) is 179 cm³/mol. The zero-order chi connectivity index (χ0) is 38.0. The molecule has 50 heavy (non-hydrogen) atoms. The summed E-state index contributed by atoms with van der Waals surface area (Å²) in [6.07, 6.45) is 2.85. The van der Waals surface area contributed by atoms with Crippen molar-refractivity contribution in [3.63, 3.8) is 0 Å². The molecule has 14 heteroatoms. The van der Waals surface area contributed by atoms with Gasteiger partial charge in [-0.15, -0.1) is 0 Å². The lowest BCUT2D eigenvalue weighted by molar-refractivity contribution is -0.153. The fourth-order valence-corrected chi connectivity index (χ4v) is 3.83. The van der Waals surface area contributed by atoms with E-state index >= 15 is 0 Å². The van der Waals surface area contributed by atoms with Gasteiger partial charge in [-0.05, 0) is 38.5 Å². The normalized spacial score (nSPS) is 11.2. The van der Waals surface area contributed by atoms with Crippen LogP contribution in [-0.4, -0.2) is 87.0 Å². The minimum absolute atomic E-state index is 0.00511. The average Bonchev–Trinajstić information content (AvgIpc) is 3.03. The number of carbonyl (C=O) groups excluding carboxylic acids is 8. The Morgan fingerprint density at radius 3 is 0.760 bits per heavy atom. The lowest BCUT2D eigenvalue weighted by Gasteiger charge is -2.15. The summed E-state index contributed by atoms with van der Waals surface area (Å²) in [7, 11) is 0. The van der Waals surface area contributed by atoms with E-state index in [9.17, 15) is 38.4 Å². The van der Waals surface area contributed by atoms with Gasteiger partial charge in [0, 0.05) is 49.4 Å². The highest BCUT2D eigenvalue weighted by molar-refractivity contribution is 5.87. The summed E-state index contributed by atoms with van der Waals surface area (Å²) in [5, 5.41) is 0. The molecule has 0 rings (SSSR count). The van der Waals surface area contributed by atoms with Crippen LogP contribution in [0.3, 0.4) is 0 Å². The summed E-state index contributed by atoms with van der Waals surface area (Å²) < 4.78 is 30.3. The van der Waals surface area contributed by atoms with Crippen molar-refractivity contribution in [3.8, 4) is 0 Å². The van der Waals surface area contributed by atoms with Gasteiger partial charge in [-0.3, -0.25) is 38.4 Å². The second-order valence-electron chi connectivity index (χ2n) is 13.8. The van der Waals surface area contributed by atoms with Gasteiger partial charge >= 0.3 is 35.8 Å². The van der Waals surface area contributed by atoms with E-state index in [1.807, 2.05) is 0 Å². The molecule has 0 fully saturated rings. The lowest BCUT2D eigenvalue weighted by Crippen LogP contribution is -2.21. The van der Waals surface area contributed by atoms with Crippen LogP contribution in [0.2, 0.25) is 0 Å². The second kappa shape index (κ2) is 26.0. The van der Waals surface area contributed by atoms with Crippen molar-refractivity contribution in [2.75, 3.05) is 39.6 Å². The predicted octanol–water partition coefficient (Wildman–Crippen LogP) is 4.94. The fraction of sp³-hybridized carbons (Fsp3) is 0.778. The Morgan fingerprint density at radius 1 is 0.300 bits per heavy atom. The van der Waals surface area contributed by atoms with Crippen molar-refractivity contribution in [2.24, 2.45) is 10.8 Å². The first-order valence-electron chi connectivity index (χ1n) is 17.4. The molecule has 0 N–H and O–H groups in total. The molecule has 0 heterocycles. The number of carbonyl (C=O) groups is 8. The molecule has 0 aromatic heterocycles. The first-order chi connectivity index (χ1) is 23.4. The molecule has 0 aromatic carbocycles. The van der Waals surface area contributed by atoms with Gasteiger partial charge in [0.2, 0.25) is 0 Å². The Kier molecular flexibility index (Phi) is 24.0. The van der Waals surface area contributed by atoms with Gasteiger partial charge in [-0.2, -0.15) is 0 Å². The van der Waals surface area contributed by atoms with Crippen molar-refractivity contribution in [1.29, 1.82) is 0 Å². The van der Waals surface area contributed by atoms with Crippen LogP contribution in [0.1, 0.15) is 131 Å². The molecule has 0 unspecified atom stereocenters. The summed E-state index contributed by atoms with van der Waals surface area (Å²) in [5.41, 5.74) is -0.982. The van der Waals surface area contributed by atoms with Gasteiger partial charge in [0.05, 0.1) is 39.3 Å². The first kappa shape index (κ1) is 46.2. The van der Waals surface area contributed by atoms with E-state index in [-0.39, 0.29) is 115 Å². The minimum atomic E-state index is -0.548. The molecule has 0 saturated heterocycles. The summed E-state index contributed by atoms with van der Waals surface area (Å²) in [6.45, 7) is 11.1. The summed E-state index contributed by atoms with van der Waals surface area (Å²) in [6, 6.07) is 0. The van der Waals surface area contributed by atoms with Crippen molar-refractivity contribution in [3.05, 3.63) is 0 Å². The van der Waals surface area contributed by atoms with Gasteiger partial charge in [0.1, 0.15) is 24.8 Å². The summed E-state index contributed by atoms with van der Waals surface area (Å²) in [5.74, 6) is -2.91. The molecular weight excluding hydrogens is 656 g/mol. The fourth-order valence-electron chi connectivity index (χ4n) is 3.83. The number of esters is 6. The Bertz CT molecular complexity index is 1010. The number of ketones is 2. The third-order valence-electron chi connectivity index (χ3n) is 7.05. The quantitative estimate of drug-likeness (QED) is 0.0631. The molecule has 0 atom stereocenters. The van der Waals surface area contributed by atoms with E-state index in [0.29, 0.717) is 25.7 Å². The van der Waals surface area contributed by atoms with E-state index < -0.39 is 46.6 Å². The number of hydrogen-bond donors (Lipinski definition) is 0. The maximum atomic E-state index is 11.8. The third-order valence-corrected chi connectivity index (χ3v) is 7.05. The Balaban J connectivity index is 3.68. The van der Waals surface area contributed by atoms with E-state index in [0.717, 1.165) is 0 Å². The smallest absolute Gasteiger partial charge is 0.306 e. The molecule has 0 radical (unpaired) electrons. The van der Waals surface area contributed by atoms with Crippen LogP contribution in [0.15, 0.2) is 0 Å². The van der Waals surface area contributed by atoms with Gasteiger partial charge in [-0.1, -0.05) is 41.5 Å². The van der Waals surface area contributed by atoms with Crippen LogP contribution in [0.4, 0.5) is 0 Å². The van der Waals surface area contributed by atoms with Gasteiger partial charge in [0.25, 0.3) is 0 Å². The average molecular weight is 715 g/mol. The zero-order valence-corrected chi connectivity index (χ0v) is 30.9. The molecule has 0 spiro atoms. The number of unbranched alkanes of at least 4 members (excludes halogenated alkanes) is 2. The molecule has 0 aromatic rings. The molecular formula is C36H58O14. The summed E-state index contributed by atoms with van der Waals surface area (Å²) in [4.78, 5) is 94.4. The van der Waals surface area contributed by atoms with Gasteiger partial charge in [0.15, 0.2) is 0 Å². The monoisotopic (exact) mass is 714 g/mol. The Labute approximate surface area is 295 Å². The van der Waals surface area contributed by atoms with Crippen LogP contribution in [0.5, 0.6) is 0 Å². The SMILES string of the molecule is CC(C)(C)C(=O)CCC(=O)OCCCCOC(=O)CCCC(=O)OCCOC(=O)CCCC(=O)OCCCCOC(=O)CCC(=O)C(C)(C)C. The zero-order valence-electron chi connectivity index (χ0n) is 30.9. The van der Waals surface area contributed by atoms with E-state index in [1.165, 1.54) is 0 Å². The number of Topliss-reactive ketones (excluding diaryl/α,β-unsaturated/α-hetero) is 2. The van der Waals surface area contributed by atoms with Gasteiger partial charge in [-0.25, -0.2) is 0 Å². The van der Waals surface area contributed by atoms with Crippen LogP contribution >= 0.6 is 0 Å². The molecule has 0 aliphatic rings. The van der Waals surface area contributed by atoms with Crippen molar-refractivity contribution < 1.29 is 66.8 Å². The number of hydrogen-bond acceptors (Lipinski definition) is 14. The van der Waals surface area contributed by atoms with Crippen molar-refractivity contribution >= 4 is 47.4 Å². The molecule has 0 saturated carbocycles. The Hall–Kier alpha value is -3.84. The first-order valence-corrected chi connectivity index (χ1v) is 17.4.